The van der Waals surface area contributed by atoms with Crippen LogP contribution in [-0.4, -0.2) is 25.0 Å². The monoisotopic (exact) mass is 358 g/mol. The highest BCUT2D eigenvalue weighted by atomic mass is 35.5. The van der Waals surface area contributed by atoms with Gasteiger partial charge < -0.3 is 15.0 Å². The summed E-state index contributed by atoms with van der Waals surface area (Å²) in [5.74, 6) is -0.140. The van der Waals surface area contributed by atoms with E-state index >= 15 is 0 Å². The molecule has 1 N–H and O–H groups in total. The lowest BCUT2D eigenvalue weighted by Gasteiger charge is -2.29. The first kappa shape index (κ1) is 17.3. The molecule has 0 bridgehead atoms. The van der Waals surface area contributed by atoms with E-state index in [9.17, 15) is 9.59 Å². The molecule has 0 unspecified atom stereocenters. The van der Waals surface area contributed by atoms with Crippen LogP contribution in [0.25, 0.3) is 0 Å². The van der Waals surface area contributed by atoms with E-state index in [1.54, 1.807) is 17.0 Å². The van der Waals surface area contributed by atoms with Gasteiger partial charge in [0.25, 0.3) is 0 Å². The zero-order chi connectivity index (χ0) is 18.1. The van der Waals surface area contributed by atoms with Crippen molar-refractivity contribution in [1.82, 2.24) is 0 Å². The number of fused-ring (bicyclic) bond motifs is 1. The van der Waals surface area contributed by atoms with Gasteiger partial charge in [-0.3, -0.25) is 4.79 Å². The number of hydrogen-bond acceptors (Lipinski definition) is 4. The van der Waals surface area contributed by atoms with Crippen LogP contribution in [0.2, 0.25) is 5.02 Å². The van der Waals surface area contributed by atoms with Crippen molar-refractivity contribution >= 4 is 34.9 Å². The van der Waals surface area contributed by atoms with Crippen molar-refractivity contribution in [1.29, 1.82) is 0 Å². The molecule has 2 aromatic carbocycles. The van der Waals surface area contributed by atoms with Gasteiger partial charge in [-0.25, -0.2) is 4.79 Å². The standard InChI is InChI=1S/C19H19ClN2O3/c1-11-4-5-15-16(8-11)25-18(24)10-22(15)9-17(23)21-19-13(3)6-12(2)7-14(19)20/h4-8H,9-10H2,1-3H3,(H,21,23). The number of halogens is 1. The summed E-state index contributed by atoms with van der Waals surface area (Å²) in [6, 6.07) is 9.33. The normalized spacial score (nSPS) is 13.3. The van der Waals surface area contributed by atoms with Crippen molar-refractivity contribution in [3.63, 3.8) is 0 Å². The van der Waals surface area contributed by atoms with Crippen molar-refractivity contribution in [2.45, 2.75) is 20.8 Å². The molecule has 1 heterocycles. The maximum absolute atomic E-state index is 12.5. The quantitative estimate of drug-likeness (QED) is 0.672. The summed E-state index contributed by atoms with van der Waals surface area (Å²) < 4.78 is 5.26. The van der Waals surface area contributed by atoms with Gasteiger partial charge in [-0.15, -0.1) is 0 Å². The van der Waals surface area contributed by atoms with Crippen molar-refractivity contribution in [2.75, 3.05) is 23.3 Å². The average molecular weight is 359 g/mol. The Hall–Kier alpha value is -2.53. The van der Waals surface area contributed by atoms with Crippen LogP contribution in [0.5, 0.6) is 5.75 Å². The molecule has 1 amide bonds. The molecule has 5 nitrogen and oxygen atoms in total. The highest BCUT2D eigenvalue weighted by molar-refractivity contribution is 6.34. The third-order valence-corrected chi connectivity index (χ3v) is 4.33. The number of esters is 1. The number of hydrogen-bond donors (Lipinski definition) is 1. The Kier molecular flexibility index (Phi) is 4.68. The highest BCUT2D eigenvalue weighted by Crippen LogP contribution is 2.33. The minimum Gasteiger partial charge on any atom is -0.423 e. The molecule has 1 aliphatic rings. The number of rotatable bonds is 3. The van der Waals surface area contributed by atoms with E-state index in [4.69, 9.17) is 16.3 Å². The lowest BCUT2D eigenvalue weighted by molar-refractivity contribution is -0.133. The first-order valence-corrected chi connectivity index (χ1v) is 8.34. The molecule has 0 aromatic heterocycles. The Morgan fingerprint density at radius 2 is 1.96 bits per heavy atom. The van der Waals surface area contributed by atoms with Crippen LogP contribution < -0.4 is 15.0 Å². The lowest BCUT2D eigenvalue weighted by atomic mass is 10.1. The minimum atomic E-state index is -0.379. The predicted octanol–water partition coefficient (Wildman–Crippen LogP) is 3.63. The zero-order valence-corrected chi connectivity index (χ0v) is 15.1. The number of anilines is 2. The summed E-state index contributed by atoms with van der Waals surface area (Å²) in [5, 5.41) is 3.35. The number of aryl methyl sites for hydroxylation is 3. The van der Waals surface area contributed by atoms with Gasteiger partial charge in [0.05, 0.1) is 22.9 Å². The fourth-order valence-corrected chi connectivity index (χ4v) is 3.30. The Morgan fingerprint density at radius 1 is 1.20 bits per heavy atom. The summed E-state index contributed by atoms with van der Waals surface area (Å²) in [5.41, 5.74) is 4.24. The molecular formula is C19H19ClN2O3. The number of amides is 1. The second kappa shape index (κ2) is 6.76. The Bertz CT molecular complexity index is 841. The van der Waals surface area contributed by atoms with Gasteiger partial charge in [0.1, 0.15) is 6.54 Å². The molecule has 130 valence electrons. The highest BCUT2D eigenvalue weighted by Gasteiger charge is 2.26. The molecule has 0 spiro atoms. The van der Waals surface area contributed by atoms with Crippen LogP contribution >= 0.6 is 11.6 Å². The van der Waals surface area contributed by atoms with Crippen molar-refractivity contribution < 1.29 is 14.3 Å². The molecule has 0 aliphatic carbocycles. The summed E-state index contributed by atoms with van der Waals surface area (Å²) in [7, 11) is 0. The second-order valence-electron chi connectivity index (χ2n) is 6.29. The molecule has 0 saturated heterocycles. The van der Waals surface area contributed by atoms with Crippen LogP contribution in [0.15, 0.2) is 30.3 Å². The fourth-order valence-electron chi connectivity index (χ4n) is 2.93. The van der Waals surface area contributed by atoms with Gasteiger partial charge in [-0.2, -0.15) is 0 Å². The van der Waals surface area contributed by atoms with Crippen LogP contribution in [0.1, 0.15) is 16.7 Å². The SMILES string of the molecule is Cc1cc(C)c(NC(=O)CN2CC(=O)Oc3cc(C)ccc32)c(Cl)c1. The molecule has 0 radical (unpaired) electrons. The smallest absolute Gasteiger partial charge is 0.331 e. The van der Waals surface area contributed by atoms with Gasteiger partial charge in [-0.1, -0.05) is 23.7 Å². The summed E-state index contributed by atoms with van der Waals surface area (Å²) >= 11 is 6.24. The van der Waals surface area contributed by atoms with E-state index in [0.717, 1.165) is 22.4 Å². The molecule has 2 aromatic rings. The maximum atomic E-state index is 12.5. The van der Waals surface area contributed by atoms with Gasteiger partial charge in [0, 0.05) is 0 Å². The predicted molar refractivity (Wildman–Crippen MR) is 98.6 cm³/mol. The number of benzene rings is 2. The third kappa shape index (κ3) is 3.77. The molecule has 1 aliphatic heterocycles. The largest absolute Gasteiger partial charge is 0.423 e. The van der Waals surface area contributed by atoms with E-state index < -0.39 is 0 Å². The molecule has 6 heteroatoms. The second-order valence-corrected chi connectivity index (χ2v) is 6.70. The molecule has 25 heavy (non-hydrogen) atoms. The first-order chi connectivity index (χ1) is 11.8. The summed E-state index contributed by atoms with van der Waals surface area (Å²) in [6.07, 6.45) is 0. The minimum absolute atomic E-state index is 0.0318. The van der Waals surface area contributed by atoms with E-state index in [0.29, 0.717) is 16.5 Å². The van der Waals surface area contributed by atoms with Gasteiger partial charge in [0.2, 0.25) is 5.91 Å². The number of nitrogens with one attached hydrogen (secondary N) is 1. The first-order valence-electron chi connectivity index (χ1n) is 7.96. The fraction of sp³-hybridized carbons (Fsp3) is 0.263. The van der Waals surface area contributed by atoms with Crippen LogP contribution in [0, 0.1) is 20.8 Å². The van der Waals surface area contributed by atoms with Gasteiger partial charge >= 0.3 is 5.97 Å². The van der Waals surface area contributed by atoms with E-state index in [1.807, 2.05) is 39.0 Å². The third-order valence-electron chi connectivity index (χ3n) is 4.03. The van der Waals surface area contributed by atoms with Crippen LogP contribution in [0.3, 0.4) is 0 Å². The molecule has 0 atom stereocenters. The topological polar surface area (TPSA) is 58.6 Å². The number of carbonyl (C=O) groups excluding carboxylic acids is 2. The summed E-state index contributed by atoms with van der Waals surface area (Å²) in [4.78, 5) is 26.0. The Balaban J connectivity index is 1.79. The maximum Gasteiger partial charge on any atom is 0.331 e. The summed E-state index contributed by atoms with van der Waals surface area (Å²) in [6.45, 7) is 5.83. The van der Waals surface area contributed by atoms with Gasteiger partial charge in [-0.05, 0) is 55.7 Å². The number of carbonyl (C=O) groups is 2. The number of ether oxygens (including phenoxy) is 1. The molecule has 3 rings (SSSR count). The van der Waals surface area contributed by atoms with Crippen LogP contribution in [0.4, 0.5) is 11.4 Å². The zero-order valence-electron chi connectivity index (χ0n) is 14.4. The van der Waals surface area contributed by atoms with Gasteiger partial charge in [0.15, 0.2) is 5.75 Å². The molecule has 0 saturated carbocycles. The Labute approximate surface area is 151 Å². The van der Waals surface area contributed by atoms with Crippen molar-refractivity contribution in [2.24, 2.45) is 0 Å². The lowest BCUT2D eigenvalue weighted by Crippen LogP contribution is -2.41. The molecule has 0 fully saturated rings. The van der Waals surface area contributed by atoms with E-state index in [2.05, 4.69) is 5.32 Å². The average Bonchev–Trinajstić information content (AvgIpc) is 2.50. The number of nitrogens with zero attached hydrogens (tertiary/aromatic N) is 1. The van der Waals surface area contributed by atoms with Crippen molar-refractivity contribution in [3.8, 4) is 5.75 Å². The van der Waals surface area contributed by atoms with E-state index in [-0.39, 0.29) is 25.0 Å². The van der Waals surface area contributed by atoms with Crippen LogP contribution in [-0.2, 0) is 9.59 Å². The molecular weight excluding hydrogens is 340 g/mol. The van der Waals surface area contributed by atoms with E-state index in [1.165, 1.54) is 0 Å². The Morgan fingerprint density at radius 3 is 2.68 bits per heavy atom. The van der Waals surface area contributed by atoms with Crippen molar-refractivity contribution in [3.05, 3.63) is 52.0 Å².